The molecule has 22 heavy (non-hydrogen) atoms. The van der Waals surface area contributed by atoms with Gasteiger partial charge in [0.2, 0.25) is 0 Å². The van der Waals surface area contributed by atoms with Crippen molar-refractivity contribution in [1.29, 1.82) is 0 Å². The first kappa shape index (κ1) is 15.6. The number of halogens is 2. The summed E-state index contributed by atoms with van der Waals surface area (Å²) >= 11 is 12.2. The summed E-state index contributed by atoms with van der Waals surface area (Å²) in [7, 11) is 0. The smallest absolute Gasteiger partial charge is 0.148 e. The van der Waals surface area contributed by atoms with Gasteiger partial charge in [-0.05, 0) is 42.2 Å². The largest absolute Gasteiger partial charge is 0.378 e. The van der Waals surface area contributed by atoms with Crippen LogP contribution < -0.4 is 0 Å². The molecule has 1 aromatic rings. The minimum atomic E-state index is 0.621. The number of morpholine rings is 1. The lowest BCUT2D eigenvalue weighted by molar-refractivity contribution is -0.105. The molecular weight excluding hydrogens is 321 g/mol. The van der Waals surface area contributed by atoms with E-state index in [1.165, 1.54) is 0 Å². The molecule has 1 heterocycles. The van der Waals surface area contributed by atoms with Gasteiger partial charge in [0.15, 0.2) is 0 Å². The van der Waals surface area contributed by atoms with Crippen LogP contribution in [0.25, 0.3) is 6.08 Å². The van der Waals surface area contributed by atoms with Crippen LogP contribution in [0.15, 0.2) is 35.0 Å². The fraction of sp³-hybridized carbons (Fsp3) is 0.353. The van der Waals surface area contributed by atoms with Crippen molar-refractivity contribution in [2.75, 3.05) is 26.3 Å². The van der Waals surface area contributed by atoms with Crippen LogP contribution in [0.1, 0.15) is 18.4 Å². The fourth-order valence-corrected chi connectivity index (χ4v) is 3.43. The monoisotopic (exact) mass is 337 g/mol. The average Bonchev–Trinajstić information content (AvgIpc) is 2.93. The molecule has 0 spiro atoms. The molecule has 2 aliphatic rings. The number of nitrogens with zero attached hydrogens (tertiary/aromatic N) is 1. The average molecular weight is 338 g/mol. The van der Waals surface area contributed by atoms with Crippen molar-refractivity contribution in [3.63, 3.8) is 0 Å². The number of benzene rings is 1. The lowest BCUT2D eigenvalue weighted by Crippen LogP contribution is -2.36. The molecule has 1 aromatic carbocycles. The molecule has 0 amide bonds. The molecule has 0 bridgehead atoms. The van der Waals surface area contributed by atoms with E-state index in [-0.39, 0.29) is 0 Å². The zero-order chi connectivity index (χ0) is 15.5. The standard InChI is InChI=1S/C17H17Cl2NO2/c18-15-4-3-12(16(19)10-15)9-13-1-2-14(11-21)17(13)20-5-7-22-8-6-20/h3-4,9-11H,1-2,5-8H2. The molecule has 0 atom stereocenters. The Morgan fingerprint density at radius 1 is 1.14 bits per heavy atom. The third-order valence-corrected chi connectivity index (χ3v) is 4.60. The molecule has 3 rings (SSSR count). The molecule has 0 saturated carbocycles. The number of rotatable bonds is 3. The summed E-state index contributed by atoms with van der Waals surface area (Å²) in [6.45, 7) is 3.03. The highest BCUT2D eigenvalue weighted by molar-refractivity contribution is 6.35. The fourth-order valence-electron chi connectivity index (χ4n) is 2.97. The highest BCUT2D eigenvalue weighted by Gasteiger charge is 2.25. The van der Waals surface area contributed by atoms with Crippen molar-refractivity contribution < 1.29 is 9.53 Å². The molecule has 116 valence electrons. The molecule has 0 aromatic heterocycles. The van der Waals surface area contributed by atoms with Gasteiger partial charge in [-0.3, -0.25) is 4.79 Å². The second kappa shape index (κ2) is 6.86. The van der Waals surface area contributed by atoms with E-state index in [0.29, 0.717) is 23.3 Å². The SMILES string of the molecule is O=CC1=C(N2CCOCC2)C(=Cc2ccc(Cl)cc2Cl)CC1. The number of carbonyl (C=O) groups excluding carboxylic acids is 1. The molecule has 1 aliphatic heterocycles. The molecule has 3 nitrogen and oxygen atoms in total. The Morgan fingerprint density at radius 3 is 2.59 bits per heavy atom. The van der Waals surface area contributed by atoms with Crippen LogP contribution in [-0.2, 0) is 9.53 Å². The van der Waals surface area contributed by atoms with Crippen LogP contribution in [-0.4, -0.2) is 37.5 Å². The predicted molar refractivity (Wildman–Crippen MR) is 89.2 cm³/mol. The molecule has 0 N–H and O–H groups in total. The molecule has 0 radical (unpaired) electrons. The minimum absolute atomic E-state index is 0.621. The zero-order valence-electron chi connectivity index (χ0n) is 12.1. The van der Waals surface area contributed by atoms with Crippen LogP contribution in [0, 0.1) is 0 Å². The molecule has 1 saturated heterocycles. The summed E-state index contributed by atoms with van der Waals surface area (Å²) in [5.74, 6) is 0. The molecular formula is C17H17Cl2NO2. The van der Waals surface area contributed by atoms with Gasteiger partial charge in [0.1, 0.15) is 6.29 Å². The minimum Gasteiger partial charge on any atom is -0.378 e. The Kier molecular flexibility index (Phi) is 4.87. The summed E-state index contributed by atoms with van der Waals surface area (Å²) in [5, 5.41) is 1.25. The number of hydrogen-bond donors (Lipinski definition) is 0. The lowest BCUT2D eigenvalue weighted by Gasteiger charge is -2.31. The molecule has 0 unspecified atom stereocenters. The quantitative estimate of drug-likeness (QED) is 0.782. The van der Waals surface area contributed by atoms with Crippen molar-refractivity contribution >= 4 is 35.6 Å². The third kappa shape index (κ3) is 3.22. The van der Waals surface area contributed by atoms with E-state index in [1.54, 1.807) is 6.07 Å². The van der Waals surface area contributed by atoms with Crippen molar-refractivity contribution in [2.24, 2.45) is 0 Å². The maximum Gasteiger partial charge on any atom is 0.148 e. The zero-order valence-corrected chi connectivity index (χ0v) is 13.7. The van der Waals surface area contributed by atoms with Gasteiger partial charge in [0, 0.05) is 34.4 Å². The molecule has 5 heteroatoms. The van der Waals surface area contributed by atoms with Crippen molar-refractivity contribution in [2.45, 2.75) is 12.8 Å². The van der Waals surface area contributed by atoms with Crippen molar-refractivity contribution in [3.8, 4) is 0 Å². The summed E-state index contributed by atoms with van der Waals surface area (Å²) < 4.78 is 5.41. The summed E-state index contributed by atoms with van der Waals surface area (Å²) in [6, 6.07) is 5.48. The van der Waals surface area contributed by atoms with Crippen molar-refractivity contribution in [3.05, 3.63) is 50.7 Å². The van der Waals surface area contributed by atoms with E-state index in [1.807, 2.05) is 12.1 Å². The summed E-state index contributed by atoms with van der Waals surface area (Å²) in [6.07, 6.45) is 4.70. The van der Waals surface area contributed by atoms with Gasteiger partial charge in [0.05, 0.1) is 13.2 Å². The predicted octanol–water partition coefficient (Wildman–Crippen LogP) is 3.96. The second-order valence-corrected chi connectivity index (χ2v) is 6.27. The van der Waals surface area contributed by atoms with Gasteiger partial charge in [0.25, 0.3) is 0 Å². The van der Waals surface area contributed by atoms with Crippen molar-refractivity contribution in [1.82, 2.24) is 4.90 Å². The van der Waals surface area contributed by atoms with Crippen LogP contribution in [0.4, 0.5) is 0 Å². The molecule has 1 fully saturated rings. The van der Waals surface area contributed by atoms with Crippen LogP contribution in [0.5, 0.6) is 0 Å². The number of allylic oxidation sites excluding steroid dienone is 2. The maximum absolute atomic E-state index is 11.4. The van der Waals surface area contributed by atoms with E-state index < -0.39 is 0 Å². The molecule has 1 aliphatic carbocycles. The van der Waals surface area contributed by atoms with Crippen LogP contribution in [0.2, 0.25) is 10.0 Å². The Balaban J connectivity index is 1.96. The Labute approximate surface area is 140 Å². The third-order valence-electron chi connectivity index (χ3n) is 4.03. The summed E-state index contributed by atoms with van der Waals surface area (Å²) in [5.41, 5.74) is 4.02. The Bertz CT molecular complexity index is 646. The first-order chi connectivity index (χ1) is 10.7. The van der Waals surface area contributed by atoms with Crippen LogP contribution in [0.3, 0.4) is 0 Å². The van der Waals surface area contributed by atoms with Gasteiger partial charge in [-0.1, -0.05) is 29.3 Å². The summed E-state index contributed by atoms with van der Waals surface area (Å²) in [4.78, 5) is 13.6. The normalized spacial score (nSPS) is 20.8. The van der Waals surface area contributed by atoms with Gasteiger partial charge in [-0.2, -0.15) is 0 Å². The van der Waals surface area contributed by atoms with Gasteiger partial charge in [-0.15, -0.1) is 0 Å². The van der Waals surface area contributed by atoms with Crippen LogP contribution >= 0.6 is 23.2 Å². The topological polar surface area (TPSA) is 29.5 Å². The van der Waals surface area contributed by atoms with Gasteiger partial charge < -0.3 is 9.64 Å². The van der Waals surface area contributed by atoms with E-state index in [9.17, 15) is 4.79 Å². The van der Waals surface area contributed by atoms with Gasteiger partial charge in [-0.25, -0.2) is 0 Å². The Hall–Kier alpha value is -1.29. The highest BCUT2D eigenvalue weighted by atomic mass is 35.5. The van der Waals surface area contributed by atoms with Gasteiger partial charge >= 0.3 is 0 Å². The highest BCUT2D eigenvalue weighted by Crippen LogP contribution is 2.36. The first-order valence-electron chi connectivity index (χ1n) is 7.36. The number of ether oxygens (including phenoxy) is 1. The number of aldehydes is 1. The second-order valence-electron chi connectivity index (χ2n) is 5.43. The van der Waals surface area contributed by atoms with E-state index in [2.05, 4.69) is 11.0 Å². The van der Waals surface area contributed by atoms with E-state index >= 15 is 0 Å². The number of carbonyl (C=O) groups is 1. The Morgan fingerprint density at radius 2 is 1.91 bits per heavy atom. The lowest BCUT2D eigenvalue weighted by atomic mass is 10.1. The van der Waals surface area contributed by atoms with E-state index in [4.69, 9.17) is 27.9 Å². The first-order valence-corrected chi connectivity index (χ1v) is 8.11. The number of hydrogen-bond acceptors (Lipinski definition) is 3. The van der Waals surface area contributed by atoms with E-state index in [0.717, 1.165) is 54.6 Å². The maximum atomic E-state index is 11.4.